The van der Waals surface area contributed by atoms with Crippen LogP contribution in [0.2, 0.25) is 0 Å². The number of amides is 1. The average molecular weight is 463 g/mol. The summed E-state index contributed by atoms with van der Waals surface area (Å²) in [6.07, 6.45) is -3.56. The van der Waals surface area contributed by atoms with E-state index in [0.29, 0.717) is 11.3 Å². The van der Waals surface area contributed by atoms with Gasteiger partial charge >= 0.3 is 12.3 Å². The van der Waals surface area contributed by atoms with Gasteiger partial charge < -0.3 is 24.1 Å². The molecule has 3 heterocycles. The predicted molar refractivity (Wildman–Crippen MR) is 110 cm³/mol. The Morgan fingerprint density at radius 2 is 1.97 bits per heavy atom. The lowest BCUT2D eigenvalue weighted by molar-refractivity contribution is -0.286. The van der Waals surface area contributed by atoms with Crippen molar-refractivity contribution in [1.29, 1.82) is 0 Å². The second kappa shape index (κ2) is 7.37. The Bertz CT molecular complexity index is 1240. The van der Waals surface area contributed by atoms with Gasteiger partial charge in [0.25, 0.3) is 0 Å². The van der Waals surface area contributed by atoms with Gasteiger partial charge in [-0.05, 0) is 29.3 Å². The maximum atomic E-state index is 13.6. The van der Waals surface area contributed by atoms with Crippen molar-refractivity contribution in [2.75, 3.05) is 13.0 Å². The van der Waals surface area contributed by atoms with Crippen LogP contribution in [0.5, 0.6) is 11.5 Å². The first-order valence-corrected chi connectivity index (χ1v) is 10.3. The normalized spacial score (nSPS) is 20.8. The Labute approximate surface area is 185 Å². The number of nitrogens with zero attached hydrogens (tertiary/aromatic N) is 1. The molecule has 166 valence electrons. The molecule has 32 heavy (non-hydrogen) atoms. The molecule has 0 aliphatic carbocycles. The molecule has 1 aromatic heterocycles. The van der Waals surface area contributed by atoms with Crippen LogP contribution in [-0.2, 0) is 20.7 Å². The van der Waals surface area contributed by atoms with E-state index in [9.17, 15) is 18.4 Å². The largest absolute Gasteiger partial charge is 0.586 e. The molecule has 2 aliphatic heterocycles. The highest BCUT2D eigenvalue weighted by atomic mass is 35.5. The number of fused-ring (bicyclic) bond motifs is 4. The minimum Gasteiger partial charge on any atom is -0.467 e. The van der Waals surface area contributed by atoms with Crippen LogP contribution in [0.1, 0.15) is 22.9 Å². The standard InChI is InChI=1S/C22H17ClF2N2O5/c1-30-21(29)15-9-13-12-4-2-3-5-14(12)26-19(13)20(27(15)18(28)10-23)11-6-7-16-17(8-11)32-22(24,25)31-16/h2-8,15,20,26H,9-10H2,1H3/t15-,20-/m1/s1. The Balaban J connectivity index is 1.72. The number of esters is 1. The van der Waals surface area contributed by atoms with E-state index < -0.39 is 30.3 Å². The summed E-state index contributed by atoms with van der Waals surface area (Å²) in [4.78, 5) is 30.3. The average Bonchev–Trinajstić information content (AvgIpc) is 3.31. The molecule has 1 amide bonds. The first-order chi connectivity index (χ1) is 15.3. The summed E-state index contributed by atoms with van der Waals surface area (Å²) in [6.45, 7) is 0. The molecule has 10 heteroatoms. The number of aromatic nitrogens is 1. The SMILES string of the molecule is COC(=O)[C@H]1Cc2c([nH]c3ccccc23)[C@@H](c2ccc3c(c2)OC(F)(F)O3)N1C(=O)CCl. The molecule has 0 unspecified atom stereocenters. The lowest BCUT2D eigenvalue weighted by Gasteiger charge is -2.40. The van der Waals surface area contributed by atoms with Crippen molar-refractivity contribution >= 4 is 34.4 Å². The highest BCUT2D eigenvalue weighted by Gasteiger charge is 2.46. The molecule has 0 radical (unpaired) electrons. The number of carbonyl (C=O) groups is 2. The number of alkyl halides is 3. The van der Waals surface area contributed by atoms with Crippen molar-refractivity contribution in [2.24, 2.45) is 0 Å². The van der Waals surface area contributed by atoms with Crippen molar-refractivity contribution in [3.63, 3.8) is 0 Å². The molecule has 3 aromatic rings. The molecule has 2 atom stereocenters. The highest BCUT2D eigenvalue weighted by molar-refractivity contribution is 6.27. The molecule has 2 aliphatic rings. The van der Waals surface area contributed by atoms with E-state index in [1.54, 1.807) is 6.07 Å². The number of H-pyrrole nitrogens is 1. The van der Waals surface area contributed by atoms with E-state index in [0.717, 1.165) is 16.5 Å². The molecular weight excluding hydrogens is 446 g/mol. The van der Waals surface area contributed by atoms with Gasteiger partial charge in [-0.2, -0.15) is 0 Å². The topological polar surface area (TPSA) is 80.9 Å². The van der Waals surface area contributed by atoms with Gasteiger partial charge in [0, 0.05) is 23.0 Å². The number of hydrogen-bond donors (Lipinski definition) is 1. The summed E-state index contributed by atoms with van der Waals surface area (Å²) in [5.74, 6) is -1.76. The van der Waals surface area contributed by atoms with Crippen molar-refractivity contribution in [3.8, 4) is 11.5 Å². The molecule has 0 saturated heterocycles. The fourth-order valence-corrected chi connectivity index (χ4v) is 4.61. The molecule has 0 saturated carbocycles. The number of aromatic amines is 1. The van der Waals surface area contributed by atoms with Crippen LogP contribution in [0.4, 0.5) is 8.78 Å². The second-order valence-corrected chi connectivity index (χ2v) is 7.78. The molecule has 0 bridgehead atoms. The summed E-state index contributed by atoms with van der Waals surface area (Å²) in [5.41, 5.74) is 2.77. The quantitative estimate of drug-likeness (QED) is 0.473. The smallest absolute Gasteiger partial charge is 0.467 e. The van der Waals surface area contributed by atoms with Crippen LogP contribution >= 0.6 is 11.6 Å². The minimum atomic E-state index is -3.78. The molecule has 1 N–H and O–H groups in total. The third-order valence-electron chi connectivity index (χ3n) is 5.75. The molecule has 7 nitrogen and oxygen atoms in total. The number of benzene rings is 2. The van der Waals surface area contributed by atoms with Gasteiger partial charge in [0.1, 0.15) is 11.9 Å². The second-order valence-electron chi connectivity index (χ2n) is 7.52. The van der Waals surface area contributed by atoms with Crippen LogP contribution in [-0.4, -0.2) is 47.1 Å². The lowest BCUT2D eigenvalue weighted by Crippen LogP contribution is -2.52. The predicted octanol–water partition coefficient (Wildman–Crippen LogP) is 3.74. The van der Waals surface area contributed by atoms with Crippen molar-refractivity contribution in [2.45, 2.75) is 24.8 Å². The first-order valence-electron chi connectivity index (χ1n) is 9.77. The summed E-state index contributed by atoms with van der Waals surface area (Å²) in [6, 6.07) is 10.0. The zero-order valence-corrected chi connectivity index (χ0v) is 17.5. The number of carbonyl (C=O) groups excluding carboxylic acids is 2. The first kappa shape index (κ1) is 20.6. The van der Waals surface area contributed by atoms with Crippen molar-refractivity contribution in [3.05, 3.63) is 59.3 Å². The van der Waals surface area contributed by atoms with E-state index in [4.69, 9.17) is 16.3 Å². The zero-order chi connectivity index (χ0) is 22.6. The number of ether oxygens (including phenoxy) is 3. The lowest BCUT2D eigenvalue weighted by atomic mass is 9.87. The number of hydrogen-bond acceptors (Lipinski definition) is 5. The highest BCUT2D eigenvalue weighted by Crippen LogP contribution is 2.46. The van der Waals surface area contributed by atoms with Crippen LogP contribution in [0, 0.1) is 0 Å². The van der Waals surface area contributed by atoms with Crippen LogP contribution < -0.4 is 9.47 Å². The number of nitrogens with one attached hydrogen (secondary N) is 1. The fraction of sp³-hybridized carbons (Fsp3) is 0.273. The van der Waals surface area contributed by atoms with E-state index in [-0.39, 0.29) is 23.8 Å². The van der Waals surface area contributed by atoms with Gasteiger partial charge in [-0.3, -0.25) is 4.79 Å². The summed E-state index contributed by atoms with van der Waals surface area (Å²) >= 11 is 5.89. The summed E-state index contributed by atoms with van der Waals surface area (Å²) in [5, 5.41) is 0.895. The van der Waals surface area contributed by atoms with Crippen molar-refractivity contribution in [1.82, 2.24) is 9.88 Å². The minimum absolute atomic E-state index is 0.119. The third kappa shape index (κ3) is 3.15. The Kier molecular flexibility index (Phi) is 4.74. The monoisotopic (exact) mass is 462 g/mol. The molecular formula is C22H17ClF2N2O5. The van der Waals surface area contributed by atoms with E-state index in [2.05, 4.69) is 14.5 Å². The van der Waals surface area contributed by atoms with E-state index in [1.807, 2.05) is 24.3 Å². The van der Waals surface area contributed by atoms with Crippen LogP contribution in [0.3, 0.4) is 0 Å². The van der Waals surface area contributed by atoms with Gasteiger partial charge in [-0.15, -0.1) is 20.4 Å². The molecule has 0 fully saturated rings. The van der Waals surface area contributed by atoms with Crippen molar-refractivity contribution < 1.29 is 32.6 Å². The number of halogens is 3. The Morgan fingerprint density at radius 1 is 1.22 bits per heavy atom. The molecule has 2 aromatic carbocycles. The van der Waals surface area contributed by atoms with Gasteiger partial charge in [0.2, 0.25) is 5.91 Å². The van der Waals surface area contributed by atoms with Gasteiger partial charge in [0.15, 0.2) is 11.5 Å². The Hall–Kier alpha value is -3.33. The number of rotatable bonds is 3. The third-order valence-corrected chi connectivity index (χ3v) is 5.98. The fourth-order valence-electron chi connectivity index (χ4n) is 4.47. The molecule has 5 rings (SSSR count). The maximum absolute atomic E-state index is 13.6. The number of methoxy groups -OCH3 is 1. The van der Waals surface area contributed by atoms with Crippen LogP contribution in [0.25, 0.3) is 10.9 Å². The Morgan fingerprint density at radius 3 is 2.72 bits per heavy atom. The van der Waals surface area contributed by atoms with Gasteiger partial charge in [0.05, 0.1) is 13.2 Å². The molecule has 0 spiro atoms. The van der Waals surface area contributed by atoms with E-state index >= 15 is 0 Å². The summed E-state index contributed by atoms with van der Waals surface area (Å²) in [7, 11) is 1.24. The van der Waals surface area contributed by atoms with E-state index in [1.165, 1.54) is 24.1 Å². The van der Waals surface area contributed by atoms with Gasteiger partial charge in [-0.1, -0.05) is 24.3 Å². The van der Waals surface area contributed by atoms with Crippen LogP contribution in [0.15, 0.2) is 42.5 Å². The van der Waals surface area contributed by atoms with Gasteiger partial charge in [-0.25, -0.2) is 4.79 Å². The maximum Gasteiger partial charge on any atom is 0.586 e. The summed E-state index contributed by atoms with van der Waals surface area (Å²) < 4.78 is 41.2. The number of para-hydroxylation sites is 1. The zero-order valence-electron chi connectivity index (χ0n) is 16.7.